The fraction of sp³-hybridized carbons (Fsp3) is 0.600. The Kier molecular flexibility index (Phi) is 5.36. The Morgan fingerprint density at radius 3 is 2.87 bits per heavy atom. The van der Waals surface area contributed by atoms with Crippen LogP contribution in [-0.4, -0.2) is 22.3 Å². The molecule has 86 valence electrons. The maximum absolute atomic E-state index is 10.9. The highest BCUT2D eigenvalue weighted by Gasteiger charge is 2.04. The van der Waals surface area contributed by atoms with Gasteiger partial charge in [-0.2, -0.15) is 0 Å². The highest BCUT2D eigenvalue weighted by molar-refractivity contribution is 7.84. The lowest BCUT2D eigenvalue weighted by Crippen LogP contribution is -2.26. The third-order valence-electron chi connectivity index (χ3n) is 2.09. The molecule has 3 nitrogen and oxygen atoms in total. The van der Waals surface area contributed by atoms with Gasteiger partial charge in [-0.3, -0.25) is 4.21 Å². The van der Waals surface area contributed by atoms with Crippen molar-refractivity contribution in [3.8, 4) is 0 Å². The van der Waals surface area contributed by atoms with Gasteiger partial charge in [0.15, 0.2) is 5.22 Å². The standard InChI is InChI=1S/C10H16ClNO2S/c1-8(5-6-15(2)13)12-7-9-3-4-10(11)14-9/h3-4,8,12H,5-7H2,1-2H3. The molecule has 0 saturated carbocycles. The van der Waals surface area contributed by atoms with Gasteiger partial charge in [0.1, 0.15) is 5.76 Å². The van der Waals surface area contributed by atoms with Gasteiger partial charge in [0.05, 0.1) is 6.54 Å². The van der Waals surface area contributed by atoms with E-state index in [0.717, 1.165) is 17.9 Å². The van der Waals surface area contributed by atoms with E-state index in [1.165, 1.54) is 0 Å². The maximum atomic E-state index is 10.9. The number of rotatable bonds is 6. The molecule has 0 radical (unpaired) electrons. The van der Waals surface area contributed by atoms with Gasteiger partial charge < -0.3 is 9.73 Å². The second kappa shape index (κ2) is 6.30. The molecule has 1 heterocycles. The van der Waals surface area contributed by atoms with Crippen molar-refractivity contribution in [2.45, 2.75) is 25.9 Å². The van der Waals surface area contributed by atoms with E-state index in [-0.39, 0.29) is 0 Å². The van der Waals surface area contributed by atoms with E-state index in [0.29, 0.717) is 17.8 Å². The highest BCUT2D eigenvalue weighted by atomic mass is 35.5. The van der Waals surface area contributed by atoms with Crippen molar-refractivity contribution in [2.24, 2.45) is 0 Å². The van der Waals surface area contributed by atoms with Gasteiger partial charge in [-0.15, -0.1) is 0 Å². The molecular weight excluding hydrogens is 234 g/mol. The second-order valence-corrected chi connectivity index (χ2v) is 5.48. The molecule has 15 heavy (non-hydrogen) atoms. The molecular formula is C10H16ClNO2S. The molecule has 0 fully saturated rings. The first kappa shape index (κ1) is 12.7. The summed E-state index contributed by atoms with van der Waals surface area (Å²) in [5.74, 6) is 1.55. The fourth-order valence-corrected chi connectivity index (χ4v) is 2.01. The molecule has 2 unspecified atom stereocenters. The van der Waals surface area contributed by atoms with Gasteiger partial charge in [-0.25, -0.2) is 0 Å². The van der Waals surface area contributed by atoms with Gasteiger partial charge in [0.2, 0.25) is 0 Å². The van der Waals surface area contributed by atoms with Crippen LogP contribution in [0.25, 0.3) is 0 Å². The van der Waals surface area contributed by atoms with E-state index in [1.807, 2.05) is 6.07 Å². The number of hydrogen-bond acceptors (Lipinski definition) is 3. The Morgan fingerprint density at radius 1 is 1.60 bits per heavy atom. The normalized spacial score (nSPS) is 15.1. The minimum absolute atomic E-state index is 0.331. The van der Waals surface area contributed by atoms with Gasteiger partial charge >= 0.3 is 0 Å². The van der Waals surface area contributed by atoms with Crippen molar-refractivity contribution in [2.75, 3.05) is 12.0 Å². The summed E-state index contributed by atoms with van der Waals surface area (Å²) in [7, 11) is -0.715. The summed E-state index contributed by atoms with van der Waals surface area (Å²) in [6.45, 7) is 2.72. The summed E-state index contributed by atoms with van der Waals surface area (Å²) in [6.07, 6.45) is 2.62. The van der Waals surface area contributed by atoms with E-state index in [4.69, 9.17) is 16.0 Å². The Morgan fingerprint density at radius 2 is 2.33 bits per heavy atom. The Bertz CT molecular complexity index is 327. The monoisotopic (exact) mass is 249 g/mol. The predicted octanol–water partition coefficient (Wildman–Crippen LogP) is 2.18. The van der Waals surface area contributed by atoms with E-state index < -0.39 is 10.8 Å². The summed E-state index contributed by atoms with van der Waals surface area (Å²) in [5.41, 5.74) is 0. The van der Waals surface area contributed by atoms with Crippen molar-refractivity contribution in [3.63, 3.8) is 0 Å². The zero-order valence-corrected chi connectivity index (χ0v) is 10.5. The quantitative estimate of drug-likeness (QED) is 0.840. The van der Waals surface area contributed by atoms with Crippen LogP contribution in [-0.2, 0) is 17.3 Å². The molecule has 1 N–H and O–H groups in total. The number of nitrogens with one attached hydrogen (secondary N) is 1. The molecule has 0 amide bonds. The maximum Gasteiger partial charge on any atom is 0.193 e. The van der Waals surface area contributed by atoms with Gasteiger partial charge in [-0.05, 0) is 37.1 Å². The number of hydrogen-bond donors (Lipinski definition) is 1. The third kappa shape index (κ3) is 5.35. The minimum Gasteiger partial charge on any atom is -0.448 e. The number of furan rings is 1. The minimum atomic E-state index is -0.715. The Labute approximate surface area is 97.6 Å². The van der Waals surface area contributed by atoms with Crippen LogP contribution in [0.4, 0.5) is 0 Å². The van der Waals surface area contributed by atoms with Crippen molar-refractivity contribution in [3.05, 3.63) is 23.1 Å². The molecule has 0 bridgehead atoms. The van der Waals surface area contributed by atoms with E-state index in [1.54, 1.807) is 12.3 Å². The van der Waals surface area contributed by atoms with Crippen LogP contribution in [0.5, 0.6) is 0 Å². The van der Waals surface area contributed by atoms with Gasteiger partial charge in [0.25, 0.3) is 0 Å². The first-order chi connectivity index (χ1) is 7.08. The predicted molar refractivity (Wildman–Crippen MR) is 63.6 cm³/mol. The molecule has 0 saturated heterocycles. The average Bonchev–Trinajstić information content (AvgIpc) is 2.58. The van der Waals surface area contributed by atoms with E-state index in [2.05, 4.69) is 12.2 Å². The molecule has 0 aliphatic carbocycles. The van der Waals surface area contributed by atoms with Crippen LogP contribution in [0.15, 0.2) is 16.5 Å². The summed E-state index contributed by atoms with van der Waals surface area (Å²) >= 11 is 5.64. The van der Waals surface area contributed by atoms with Crippen LogP contribution in [0.2, 0.25) is 5.22 Å². The van der Waals surface area contributed by atoms with Crippen LogP contribution in [0, 0.1) is 0 Å². The van der Waals surface area contributed by atoms with Crippen molar-refractivity contribution in [1.29, 1.82) is 0 Å². The molecule has 1 rings (SSSR count). The molecule has 0 aliphatic heterocycles. The lowest BCUT2D eigenvalue weighted by Gasteiger charge is -2.11. The largest absolute Gasteiger partial charge is 0.448 e. The zero-order valence-electron chi connectivity index (χ0n) is 8.96. The van der Waals surface area contributed by atoms with Crippen LogP contribution < -0.4 is 5.32 Å². The smallest absolute Gasteiger partial charge is 0.193 e. The Hall–Kier alpha value is -0.320. The van der Waals surface area contributed by atoms with E-state index >= 15 is 0 Å². The van der Waals surface area contributed by atoms with Crippen molar-refractivity contribution in [1.82, 2.24) is 5.32 Å². The average molecular weight is 250 g/mol. The fourth-order valence-electron chi connectivity index (χ4n) is 1.17. The van der Waals surface area contributed by atoms with Crippen LogP contribution >= 0.6 is 11.6 Å². The number of halogens is 1. The van der Waals surface area contributed by atoms with Crippen molar-refractivity contribution >= 4 is 22.4 Å². The lowest BCUT2D eigenvalue weighted by molar-refractivity contribution is 0.452. The SMILES string of the molecule is CC(CCS(C)=O)NCc1ccc(Cl)o1. The van der Waals surface area contributed by atoms with E-state index in [9.17, 15) is 4.21 Å². The summed E-state index contributed by atoms with van der Waals surface area (Å²) in [5, 5.41) is 3.69. The van der Waals surface area contributed by atoms with Gasteiger partial charge in [-0.1, -0.05) is 0 Å². The molecule has 0 aromatic carbocycles. The molecule has 1 aromatic heterocycles. The first-order valence-electron chi connectivity index (χ1n) is 4.85. The van der Waals surface area contributed by atoms with Crippen LogP contribution in [0.1, 0.15) is 19.1 Å². The lowest BCUT2D eigenvalue weighted by atomic mass is 10.2. The topological polar surface area (TPSA) is 42.2 Å². The first-order valence-corrected chi connectivity index (χ1v) is 6.96. The Balaban J connectivity index is 2.22. The third-order valence-corrected chi connectivity index (χ3v) is 3.11. The summed E-state index contributed by atoms with van der Waals surface area (Å²) < 4.78 is 16.1. The molecule has 0 spiro atoms. The molecule has 1 aromatic rings. The molecule has 2 atom stereocenters. The zero-order chi connectivity index (χ0) is 11.3. The van der Waals surface area contributed by atoms with Gasteiger partial charge in [0, 0.05) is 28.9 Å². The summed E-state index contributed by atoms with van der Waals surface area (Å²) in [4.78, 5) is 0. The van der Waals surface area contributed by atoms with Crippen molar-refractivity contribution < 1.29 is 8.63 Å². The highest BCUT2D eigenvalue weighted by Crippen LogP contribution is 2.12. The summed E-state index contributed by atoms with van der Waals surface area (Å²) in [6, 6.07) is 3.91. The second-order valence-electron chi connectivity index (χ2n) is 3.55. The van der Waals surface area contributed by atoms with Crippen LogP contribution in [0.3, 0.4) is 0 Å². The molecule has 5 heteroatoms. The molecule has 0 aliphatic rings.